The number of likely N-dealkylation sites (N-methyl/N-ethyl adjacent to an activating group) is 1. The second-order valence-electron chi connectivity index (χ2n) is 7.96. The molecule has 2 N–H and O–H groups in total. The summed E-state index contributed by atoms with van der Waals surface area (Å²) in [4.78, 5) is 33.9. The lowest BCUT2D eigenvalue weighted by Crippen LogP contribution is -2.27. The SMILES string of the molecule is CCN(CC)CCOc1ccc2c3c(cccc13)C(=O)c1c-2oc2ccccc12.O=C(O)C(=O)O. The predicted molar refractivity (Wildman–Crippen MR) is 131 cm³/mol. The molecular formula is C27H25NO7. The maximum atomic E-state index is 13.4. The lowest BCUT2D eigenvalue weighted by Gasteiger charge is -2.20. The number of nitrogens with zero attached hydrogens (tertiary/aromatic N) is 1. The van der Waals surface area contributed by atoms with Crippen LogP contribution < -0.4 is 4.74 Å². The van der Waals surface area contributed by atoms with Crippen LogP contribution in [0, 0.1) is 0 Å². The van der Waals surface area contributed by atoms with Crippen LogP contribution >= 0.6 is 0 Å². The van der Waals surface area contributed by atoms with Crippen molar-refractivity contribution in [2.24, 2.45) is 0 Å². The zero-order valence-corrected chi connectivity index (χ0v) is 19.4. The van der Waals surface area contributed by atoms with Crippen molar-refractivity contribution in [3.8, 4) is 17.1 Å². The molecule has 35 heavy (non-hydrogen) atoms. The number of benzene rings is 3. The molecule has 0 unspecified atom stereocenters. The van der Waals surface area contributed by atoms with Crippen molar-refractivity contribution in [3.63, 3.8) is 0 Å². The Morgan fingerprint density at radius 1 is 0.886 bits per heavy atom. The summed E-state index contributed by atoms with van der Waals surface area (Å²) in [7, 11) is 0. The number of aliphatic carboxylic acids is 2. The smallest absolute Gasteiger partial charge is 0.414 e. The summed E-state index contributed by atoms with van der Waals surface area (Å²) in [6.45, 7) is 7.82. The van der Waals surface area contributed by atoms with E-state index < -0.39 is 11.9 Å². The number of ether oxygens (including phenoxy) is 1. The average molecular weight is 475 g/mol. The molecular weight excluding hydrogens is 450 g/mol. The van der Waals surface area contributed by atoms with Gasteiger partial charge >= 0.3 is 11.9 Å². The fourth-order valence-corrected chi connectivity index (χ4v) is 4.30. The number of para-hydroxylation sites is 1. The third-order valence-corrected chi connectivity index (χ3v) is 6.05. The van der Waals surface area contributed by atoms with E-state index in [1.807, 2.05) is 54.6 Å². The third-order valence-electron chi connectivity index (χ3n) is 6.05. The van der Waals surface area contributed by atoms with Gasteiger partial charge in [0, 0.05) is 33.8 Å². The number of carboxylic acids is 2. The van der Waals surface area contributed by atoms with Gasteiger partial charge in [0.05, 0.1) is 5.56 Å². The molecule has 0 bridgehead atoms. The minimum absolute atomic E-state index is 0.0170. The lowest BCUT2D eigenvalue weighted by molar-refractivity contribution is -0.159. The van der Waals surface area contributed by atoms with Gasteiger partial charge in [-0.15, -0.1) is 0 Å². The molecule has 3 aromatic carbocycles. The Morgan fingerprint density at radius 3 is 2.26 bits per heavy atom. The van der Waals surface area contributed by atoms with Crippen molar-refractivity contribution in [1.29, 1.82) is 0 Å². The second-order valence-corrected chi connectivity index (χ2v) is 7.96. The van der Waals surface area contributed by atoms with Gasteiger partial charge in [0.25, 0.3) is 0 Å². The van der Waals surface area contributed by atoms with Crippen molar-refractivity contribution < 1.29 is 33.8 Å². The summed E-state index contributed by atoms with van der Waals surface area (Å²) in [5.74, 6) is -2.16. The van der Waals surface area contributed by atoms with Crippen molar-refractivity contribution in [3.05, 3.63) is 65.7 Å². The maximum absolute atomic E-state index is 13.4. The highest BCUT2D eigenvalue weighted by atomic mass is 16.5. The van der Waals surface area contributed by atoms with Gasteiger partial charge in [-0.3, -0.25) is 4.79 Å². The van der Waals surface area contributed by atoms with Gasteiger partial charge in [0.1, 0.15) is 23.7 Å². The molecule has 0 saturated heterocycles. The first kappa shape index (κ1) is 24.0. The highest BCUT2D eigenvalue weighted by molar-refractivity contribution is 6.30. The molecule has 0 atom stereocenters. The molecule has 180 valence electrons. The predicted octanol–water partition coefficient (Wildman–Crippen LogP) is 4.67. The zero-order valence-electron chi connectivity index (χ0n) is 19.4. The number of fused-ring (bicyclic) bond motifs is 4. The average Bonchev–Trinajstić information content (AvgIpc) is 3.26. The van der Waals surface area contributed by atoms with E-state index >= 15 is 0 Å². The summed E-state index contributed by atoms with van der Waals surface area (Å²) < 4.78 is 12.3. The molecule has 0 aliphatic heterocycles. The number of rotatable bonds is 6. The second kappa shape index (κ2) is 9.99. The highest BCUT2D eigenvalue weighted by Gasteiger charge is 2.31. The van der Waals surface area contributed by atoms with Gasteiger partial charge in [0.15, 0.2) is 5.78 Å². The molecule has 4 aromatic rings. The van der Waals surface area contributed by atoms with Crippen LogP contribution in [-0.4, -0.2) is 59.1 Å². The molecule has 1 heterocycles. The van der Waals surface area contributed by atoms with Crippen LogP contribution in [0.15, 0.2) is 59.0 Å². The van der Waals surface area contributed by atoms with E-state index in [0.29, 0.717) is 23.5 Å². The first-order valence-corrected chi connectivity index (χ1v) is 11.3. The van der Waals surface area contributed by atoms with Crippen LogP contribution in [0.4, 0.5) is 0 Å². The normalized spacial score (nSPS) is 11.8. The Bertz CT molecular complexity index is 1420. The number of furan rings is 1. The topological polar surface area (TPSA) is 117 Å². The standard InChI is InChI=1S/C25H23NO3.C2H2O4/c1-3-26(4-2)14-15-28-20-13-12-19-22-16(20)9-7-10-18(22)24(27)23-17-8-5-6-11-21(17)29-25(19)23;3-1(4)2(5)6/h5-13H,3-4,14-15H2,1-2H3;(H,3,4)(H,5,6). The van der Waals surface area contributed by atoms with E-state index in [4.69, 9.17) is 29.0 Å². The molecule has 8 nitrogen and oxygen atoms in total. The summed E-state index contributed by atoms with van der Waals surface area (Å²) in [5, 5.41) is 17.5. The van der Waals surface area contributed by atoms with Crippen LogP contribution in [-0.2, 0) is 9.59 Å². The fourth-order valence-electron chi connectivity index (χ4n) is 4.30. The molecule has 0 spiro atoms. The molecule has 0 fully saturated rings. The van der Waals surface area contributed by atoms with E-state index in [1.54, 1.807) is 0 Å². The van der Waals surface area contributed by atoms with Crippen LogP contribution in [0.3, 0.4) is 0 Å². The van der Waals surface area contributed by atoms with Crippen LogP contribution in [0.5, 0.6) is 5.75 Å². The Morgan fingerprint density at radius 2 is 1.57 bits per heavy atom. The van der Waals surface area contributed by atoms with E-state index in [1.165, 1.54) is 0 Å². The summed E-state index contributed by atoms with van der Waals surface area (Å²) in [5.41, 5.74) is 3.07. The first-order chi connectivity index (χ1) is 16.9. The summed E-state index contributed by atoms with van der Waals surface area (Å²) >= 11 is 0. The number of hydrogen-bond donors (Lipinski definition) is 2. The minimum Gasteiger partial charge on any atom is -0.492 e. The van der Waals surface area contributed by atoms with E-state index in [9.17, 15) is 4.79 Å². The molecule has 8 heteroatoms. The summed E-state index contributed by atoms with van der Waals surface area (Å²) in [6, 6.07) is 17.6. The van der Waals surface area contributed by atoms with Crippen molar-refractivity contribution >= 4 is 39.5 Å². The molecule has 1 aromatic heterocycles. The maximum Gasteiger partial charge on any atom is 0.414 e. The number of carbonyl (C=O) groups is 3. The van der Waals surface area contributed by atoms with Gasteiger partial charge in [-0.2, -0.15) is 0 Å². The van der Waals surface area contributed by atoms with E-state index in [0.717, 1.165) is 52.7 Å². The first-order valence-electron chi connectivity index (χ1n) is 11.3. The number of ketones is 1. The van der Waals surface area contributed by atoms with Gasteiger partial charge in [0.2, 0.25) is 0 Å². The minimum atomic E-state index is -1.82. The Hall–Kier alpha value is -4.17. The zero-order chi connectivity index (χ0) is 25.1. The molecule has 5 rings (SSSR count). The largest absolute Gasteiger partial charge is 0.492 e. The molecule has 0 amide bonds. The monoisotopic (exact) mass is 475 g/mol. The Labute approximate surface area is 201 Å². The Kier molecular flexibility index (Phi) is 6.84. The Balaban J connectivity index is 0.000000431. The highest BCUT2D eigenvalue weighted by Crippen LogP contribution is 2.45. The van der Waals surface area contributed by atoms with E-state index in [2.05, 4.69) is 18.7 Å². The molecule has 1 aliphatic rings. The van der Waals surface area contributed by atoms with Gasteiger partial charge in [-0.25, -0.2) is 9.59 Å². The van der Waals surface area contributed by atoms with Crippen molar-refractivity contribution in [1.82, 2.24) is 4.90 Å². The number of carboxylic acid groups (broad SMARTS) is 2. The molecule has 1 aliphatic carbocycles. The fraction of sp³-hybridized carbons (Fsp3) is 0.222. The lowest BCUT2D eigenvalue weighted by atomic mass is 9.85. The third kappa shape index (κ3) is 4.48. The van der Waals surface area contributed by atoms with Crippen LogP contribution in [0.25, 0.3) is 33.1 Å². The number of hydrogen-bond acceptors (Lipinski definition) is 6. The summed E-state index contributed by atoms with van der Waals surface area (Å²) in [6.07, 6.45) is 0. The van der Waals surface area contributed by atoms with Gasteiger partial charge in [-0.1, -0.05) is 50.2 Å². The molecule has 0 radical (unpaired) electrons. The van der Waals surface area contributed by atoms with Crippen molar-refractivity contribution in [2.45, 2.75) is 13.8 Å². The number of carbonyl (C=O) groups excluding carboxylic acids is 1. The van der Waals surface area contributed by atoms with E-state index in [-0.39, 0.29) is 5.78 Å². The quantitative estimate of drug-likeness (QED) is 0.340. The van der Waals surface area contributed by atoms with Crippen LogP contribution in [0.2, 0.25) is 0 Å². The van der Waals surface area contributed by atoms with Gasteiger partial charge in [-0.05, 0) is 31.3 Å². The van der Waals surface area contributed by atoms with Crippen LogP contribution in [0.1, 0.15) is 29.8 Å². The molecule has 0 saturated carbocycles. The van der Waals surface area contributed by atoms with Gasteiger partial charge < -0.3 is 24.3 Å². The van der Waals surface area contributed by atoms with Crippen molar-refractivity contribution in [2.75, 3.05) is 26.2 Å².